The maximum atomic E-state index is 8.08. The first-order valence-electron chi connectivity index (χ1n) is 4.87. The van der Waals surface area contributed by atoms with E-state index >= 15 is 0 Å². The minimum absolute atomic E-state index is 0.428. The van der Waals surface area contributed by atoms with Crippen molar-refractivity contribution in [3.05, 3.63) is 53.1 Å². The van der Waals surface area contributed by atoms with Gasteiger partial charge in [-0.15, -0.1) is 0 Å². The van der Waals surface area contributed by atoms with Gasteiger partial charge in [-0.3, -0.25) is 9.81 Å². The Kier molecular flexibility index (Phi) is 1.94. The van der Waals surface area contributed by atoms with Gasteiger partial charge >= 0.3 is 0 Å². The number of aromatic nitrogens is 2. The Balaban J connectivity index is 2.61. The number of benzene rings is 1. The number of pyridine rings is 1. The van der Waals surface area contributed by atoms with Gasteiger partial charge in [0.15, 0.2) is 0 Å². The Hall–Kier alpha value is -1.87. The summed E-state index contributed by atoms with van der Waals surface area (Å²) in [6, 6.07) is 11.0. The highest BCUT2D eigenvalue weighted by Crippen LogP contribution is 2.15. The van der Waals surface area contributed by atoms with E-state index in [1.54, 1.807) is 16.5 Å². The highest BCUT2D eigenvalue weighted by atomic mass is 35.5. The van der Waals surface area contributed by atoms with E-state index in [9.17, 15) is 0 Å². The van der Waals surface area contributed by atoms with Crippen LogP contribution >= 0.6 is 11.6 Å². The molecule has 0 saturated heterocycles. The molecule has 4 heteroatoms. The summed E-state index contributed by atoms with van der Waals surface area (Å²) in [7, 11) is 0. The summed E-state index contributed by atoms with van der Waals surface area (Å²) >= 11 is 5.91. The van der Waals surface area contributed by atoms with Gasteiger partial charge < -0.3 is 0 Å². The monoisotopic (exact) mass is 229 g/mol. The number of fused-ring (bicyclic) bond motifs is 2. The van der Waals surface area contributed by atoms with E-state index in [1.165, 1.54) is 0 Å². The van der Waals surface area contributed by atoms with Crippen LogP contribution in [-0.2, 0) is 0 Å². The highest BCUT2D eigenvalue weighted by Gasteiger charge is 2.02. The normalized spacial score (nSPS) is 11.1. The molecule has 0 unspecified atom stereocenters. The van der Waals surface area contributed by atoms with E-state index in [1.807, 2.05) is 30.5 Å². The smallest absolute Gasteiger partial charge is 0.140 e. The van der Waals surface area contributed by atoms with Gasteiger partial charge in [0.1, 0.15) is 11.1 Å². The van der Waals surface area contributed by atoms with Crippen LogP contribution in [0.15, 0.2) is 42.6 Å². The lowest BCUT2D eigenvalue weighted by Gasteiger charge is -2.04. The van der Waals surface area contributed by atoms with Crippen LogP contribution in [-0.4, -0.2) is 9.38 Å². The molecule has 0 bridgehead atoms. The molecule has 0 amide bonds. The number of hydrogen-bond donors (Lipinski definition) is 1. The molecule has 0 aliphatic heterocycles. The van der Waals surface area contributed by atoms with Crippen LogP contribution in [0.1, 0.15) is 0 Å². The Morgan fingerprint density at radius 2 is 2.06 bits per heavy atom. The molecule has 0 fully saturated rings. The van der Waals surface area contributed by atoms with Gasteiger partial charge in [-0.25, -0.2) is 4.98 Å². The van der Waals surface area contributed by atoms with Crippen molar-refractivity contribution >= 4 is 28.2 Å². The molecule has 0 atom stereocenters. The lowest BCUT2D eigenvalue weighted by molar-refractivity contribution is 1.00. The van der Waals surface area contributed by atoms with Gasteiger partial charge in [0.05, 0.1) is 5.52 Å². The van der Waals surface area contributed by atoms with Crippen molar-refractivity contribution in [3.63, 3.8) is 0 Å². The van der Waals surface area contributed by atoms with Crippen LogP contribution in [0.3, 0.4) is 0 Å². The molecule has 0 radical (unpaired) electrons. The minimum Gasteiger partial charge on any atom is -0.286 e. The van der Waals surface area contributed by atoms with Crippen LogP contribution in [0, 0.1) is 5.41 Å². The molecule has 2 aromatic heterocycles. The molecule has 78 valence electrons. The number of halogens is 1. The predicted molar refractivity (Wildman–Crippen MR) is 63.6 cm³/mol. The summed E-state index contributed by atoms with van der Waals surface area (Å²) in [6.07, 6.45) is 1.83. The molecule has 3 nitrogen and oxygen atoms in total. The molecule has 2 heterocycles. The summed E-state index contributed by atoms with van der Waals surface area (Å²) < 4.78 is 1.75. The molecule has 0 aliphatic rings. The molecule has 3 rings (SSSR count). The van der Waals surface area contributed by atoms with Crippen molar-refractivity contribution in [1.82, 2.24) is 9.38 Å². The minimum atomic E-state index is 0.428. The molecule has 0 saturated carbocycles. The largest absolute Gasteiger partial charge is 0.286 e. The molecule has 16 heavy (non-hydrogen) atoms. The Labute approximate surface area is 96.4 Å². The van der Waals surface area contributed by atoms with Crippen LogP contribution in [0.4, 0.5) is 0 Å². The highest BCUT2D eigenvalue weighted by molar-refractivity contribution is 6.31. The van der Waals surface area contributed by atoms with Crippen LogP contribution in [0.25, 0.3) is 16.6 Å². The zero-order valence-corrected chi connectivity index (χ0v) is 9.07. The molecule has 0 spiro atoms. The third-order valence-electron chi connectivity index (χ3n) is 2.53. The summed E-state index contributed by atoms with van der Waals surface area (Å²) in [5.74, 6) is 0. The van der Waals surface area contributed by atoms with Crippen molar-refractivity contribution in [2.45, 2.75) is 0 Å². The van der Waals surface area contributed by atoms with Gasteiger partial charge in [-0.1, -0.05) is 17.7 Å². The van der Waals surface area contributed by atoms with Crippen molar-refractivity contribution in [1.29, 1.82) is 5.41 Å². The summed E-state index contributed by atoms with van der Waals surface area (Å²) in [4.78, 5) is 4.46. The van der Waals surface area contributed by atoms with Gasteiger partial charge in [0.2, 0.25) is 0 Å². The average molecular weight is 230 g/mol. The van der Waals surface area contributed by atoms with E-state index in [0.29, 0.717) is 10.5 Å². The lowest BCUT2D eigenvalue weighted by atomic mass is 10.2. The standard InChI is InChI=1S/C12H8ClN3/c13-8-4-5-9-10(7-8)15-11-3-1-2-6-16(11)12(9)14/h1-7,14H. The second-order valence-electron chi connectivity index (χ2n) is 3.55. The third kappa shape index (κ3) is 1.29. The van der Waals surface area contributed by atoms with E-state index in [-0.39, 0.29) is 0 Å². The predicted octanol–water partition coefficient (Wildman–Crippen LogP) is 2.62. The first-order chi connectivity index (χ1) is 7.75. The molecular weight excluding hydrogens is 222 g/mol. The van der Waals surface area contributed by atoms with Crippen molar-refractivity contribution in [3.8, 4) is 0 Å². The summed E-state index contributed by atoms with van der Waals surface area (Å²) in [6.45, 7) is 0. The Bertz CT molecular complexity index is 746. The number of hydrogen-bond acceptors (Lipinski definition) is 2. The maximum Gasteiger partial charge on any atom is 0.140 e. The van der Waals surface area contributed by atoms with Crippen molar-refractivity contribution in [2.75, 3.05) is 0 Å². The van der Waals surface area contributed by atoms with Crippen LogP contribution in [0.2, 0.25) is 5.02 Å². The van der Waals surface area contributed by atoms with E-state index in [4.69, 9.17) is 17.0 Å². The molecule has 0 aliphatic carbocycles. The maximum absolute atomic E-state index is 8.08. The molecular formula is C12H8ClN3. The number of nitrogens with zero attached hydrogens (tertiary/aromatic N) is 2. The zero-order valence-electron chi connectivity index (χ0n) is 8.31. The first kappa shape index (κ1) is 9.36. The Morgan fingerprint density at radius 3 is 2.94 bits per heavy atom. The first-order valence-corrected chi connectivity index (χ1v) is 5.25. The van der Waals surface area contributed by atoms with Gasteiger partial charge in [0, 0.05) is 16.6 Å². The van der Waals surface area contributed by atoms with E-state index < -0.39 is 0 Å². The molecule has 1 N–H and O–H groups in total. The Morgan fingerprint density at radius 1 is 1.19 bits per heavy atom. The SMILES string of the molecule is N=c1c2ccc(Cl)cc2nc2ccccn12. The molecule has 3 aromatic rings. The van der Waals surface area contributed by atoms with Crippen LogP contribution < -0.4 is 5.49 Å². The van der Waals surface area contributed by atoms with E-state index in [0.717, 1.165) is 16.6 Å². The number of nitrogens with one attached hydrogen (secondary N) is 1. The third-order valence-corrected chi connectivity index (χ3v) is 2.76. The van der Waals surface area contributed by atoms with Crippen LogP contribution in [0.5, 0.6) is 0 Å². The van der Waals surface area contributed by atoms with E-state index in [2.05, 4.69) is 4.98 Å². The van der Waals surface area contributed by atoms with Crippen molar-refractivity contribution < 1.29 is 0 Å². The zero-order chi connectivity index (χ0) is 11.1. The fourth-order valence-electron chi connectivity index (χ4n) is 1.76. The second-order valence-corrected chi connectivity index (χ2v) is 3.99. The quantitative estimate of drug-likeness (QED) is 0.592. The lowest BCUT2D eigenvalue weighted by Crippen LogP contribution is -2.14. The average Bonchev–Trinajstić information content (AvgIpc) is 2.29. The van der Waals surface area contributed by atoms with Gasteiger partial charge in [-0.05, 0) is 30.3 Å². The fourth-order valence-corrected chi connectivity index (χ4v) is 1.93. The van der Waals surface area contributed by atoms with Crippen molar-refractivity contribution in [2.24, 2.45) is 0 Å². The topological polar surface area (TPSA) is 41.2 Å². The molecule has 1 aromatic carbocycles. The summed E-state index contributed by atoms with van der Waals surface area (Å²) in [5.41, 5.74) is 1.93. The fraction of sp³-hybridized carbons (Fsp3) is 0. The van der Waals surface area contributed by atoms with Gasteiger partial charge in [0.25, 0.3) is 0 Å². The summed E-state index contributed by atoms with van der Waals surface area (Å²) in [5, 5.41) is 9.52. The second kappa shape index (κ2) is 3.32. The van der Waals surface area contributed by atoms with Gasteiger partial charge in [-0.2, -0.15) is 0 Å². The number of rotatable bonds is 0.